The van der Waals surface area contributed by atoms with E-state index in [1.165, 1.54) is 23.1 Å². The first-order chi connectivity index (χ1) is 13.8. The van der Waals surface area contributed by atoms with Gasteiger partial charge in [0.1, 0.15) is 0 Å². The SMILES string of the molecule is O=C1CC(c2nc(-c3ccccc3Cl)no2)CN1Cc1ccccc1C(F)(F)F. The Labute approximate surface area is 169 Å². The molecule has 0 radical (unpaired) electrons. The van der Waals surface area contributed by atoms with Gasteiger partial charge in [0.15, 0.2) is 0 Å². The van der Waals surface area contributed by atoms with Crippen molar-refractivity contribution < 1.29 is 22.5 Å². The topological polar surface area (TPSA) is 59.2 Å². The molecule has 29 heavy (non-hydrogen) atoms. The molecule has 150 valence electrons. The molecular weight excluding hydrogens is 407 g/mol. The molecule has 1 fully saturated rings. The number of likely N-dealkylation sites (tertiary alicyclic amines) is 1. The lowest BCUT2D eigenvalue weighted by Crippen LogP contribution is -2.26. The molecule has 1 aliphatic heterocycles. The summed E-state index contributed by atoms with van der Waals surface area (Å²) in [5, 5.41) is 4.39. The first-order valence-electron chi connectivity index (χ1n) is 8.84. The quantitative estimate of drug-likeness (QED) is 0.599. The zero-order chi connectivity index (χ0) is 20.6. The molecule has 1 saturated heterocycles. The highest BCUT2D eigenvalue weighted by molar-refractivity contribution is 6.33. The van der Waals surface area contributed by atoms with Gasteiger partial charge in [-0.2, -0.15) is 18.2 Å². The first kappa shape index (κ1) is 19.4. The van der Waals surface area contributed by atoms with Crippen molar-refractivity contribution in [3.63, 3.8) is 0 Å². The third kappa shape index (κ3) is 3.98. The Hall–Kier alpha value is -2.87. The minimum Gasteiger partial charge on any atom is -0.339 e. The van der Waals surface area contributed by atoms with Crippen LogP contribution in [0.3, 0.4) is 0 Å². The normalized spacial score (nSPS) is 17.2. The summed E-state index contributed by atoms with van der Waals surface area (Å²) in [4.78, 5) is 18.1. The molecule has 1 amide bonds. The Morgan fingerprint density at radius 2 is 1.86 bits per heavy atom. The Balaban J connectivity index is 1.52. The van der Waals surface area contributed by atoms with Gasteiger partial charge in [0.05, 0.1) is 16.5 Å². The van der Waals surface area contributed by atoms with Crippen LogP contribution in [-0.2, 0) is 17.5 Å². The van der Waals surface area contributed by atoms with Crippen molar-refractivity contribution in [2.75, 3.05) is 6.54 Å². The van der Waals surface area contributed by atoms with E-state index < -0.39 is 11.7 Å². The molecule has 5 nitrogen and oxygen atoms in total. The molecule has 1 aliphatic rings. The molecule has 0 N–H and O–H groups in total. The van der Waals surface area contributed by atoms with Gasteiger partial charge in [-0.1, -0.05) is 47.1 Å². The van der Waals surface area contributed by atoms with Crippen LogP contribution in [0.2, 0.25) is 5.02 Å². The maximum atomic E-state index is 13.2. The van der Waals surface area contributed by atoms with Crippen LogP contribution in [0.1, 0.15) is 29.4 Å². The van der Waals surface area contributed by atoms with E-state index in [0.29, 0.717) is 16.4 Å². The molecule has 1 unspecified atom stereocenters. The predicted molar refractivity (Wildman–Crippen MR) is 99.0 cm³/mol. The van der Waals surface area contributed by atoms with Crippen molar-refractivity contribution in [3.05, 3.63) is 70.6 Å². The van der Waals surface area contributed by atoms with Crippen molar-refractivity contribution in [3.8, 4) is 11.4 Å². The van der Waals surface area contributed by atoms with Gasteiger partial charge in [0.2, 0.25) is 17.6 Å². The maximum absolute atomic E-state index is 13.2. The summed E-state index contributed by atoms with van der Waals surface area (Å²) in [5.74, 6) is -0.0763. The summed E-state index contributed by atoms with van der Waals surface area (Å²) in [6, 6.07) is 12.3. The Kier molecular flexibility index (Phi) is 5.04. The minimum absolute atomic E-state index is 0.0521. The van der Waals surface area contributed by atoms with E-state index in [9.17, 15) is 18.0 Å². The number of hydrogen-bond acceptors (Lipinski definition) is 4. The van der Waals surface area contributed by atoms with Crippen molar-refractivity contribution in [1.82, 2.24) is 15.0 Å². The highest BCUT2D eigenvalue weighted by Crippen LogP contribution is 2.35. The summed E-state index contributed by atoms with van der Waals surface area (Å²) in [5.41, 5.74) is -0.0872. The second-order valence-corrected chi connectivity index (χ2v) is 7.17. The van der Waals surface area contributed by atoms with E-state index >= 15 is 0 Å². The maximum Gasteiger partial charge on any atom is 0.416 e. The molecule has 4 rings (SSSR count). The Bertz CT molecular complexity index is 1050. The minimum atomic E-state index is -4.48. The number of benzene rings is 2. The van der Waals surface area contributed by atoms with E-state index in [2.05, 4.69) is 10.1 Å². The lowest BCUT2D eigenvalue weighted by molar-refractivity contribution is -0.139. The summed E-state index contributed by atoms with van der Waals surface area (Å²) in [6.45, 7) is 0.0751. The van der Waals surface area contributed by atoms with E-state index in [0.717, 1.165) is 6.07 Å². The van der Waals surface area contributed by atoms with Gasteiger partial charge in [-0.05, 0) is 23.8 Å². The van der Waals surface area contributed by atoms with Gasteiger partial charge in [-0.3, -0.25) is 4.79 Å². The van der Waals surface area contributed by atoms with Gasteiger partial charge in [0.25, 0.3) is 0 Å². The first-order valence-corrected chi connectivity index (χ1v) is 9.22. The van der Waals surface area contributed by atoms with Crippen LogP contribution in [-0.4, -0.2) is 27.5 Å². The Morgan fingerprint density at radius 1 is 1.14 bits per heavy atom. The molecule has 2 aromatic carbocycles. The summed E-state index contributed by atoms with van der Waals surface area (Å²) < 4.78 is 44.9. The van der Waals surface area contributed by atoms with Gasteiger partial charge in [0, 0.05) is 25.1 Å². The molecule has 0 bridgehead atoms. The molecule has 3 aromatic rings. The highest BCUT2D eigenvalue weighted by Gasteiger charge is 2.37. The van der Waals surface area contributed by atoms with Gasteiger partial charge in [-0.15, -0.1) is 0 Å². The number of carbonyl (C=O) groups is 1. The third-order valence-corrected chi connectivity index (χ3v) is 5.13. The lowest BCUT2D eigenvalue weighted by atomic mass is 10.1. The number of aromatic nitrogens is 2. The van der Waals surface area contributed by atoms with Crippen molar-refractivity contribution in [1.29, 1.82) is 0 Å². The van der Waals surface area contributed by atoms with E-state index in [4.69, 9.17) is 16.1 Å². The Morgan fingerprint density at radius 3 is 2.62 bits per heavy atom. The number of alkyl halides is 3. The molecule has 0 spiro atoms. The fraction of sp³-hybridized carbons (Fsp3) is 0.250. The monoisotopic (exact) mass is 421 g/mol. The highest BCUT2D eigenvalue weighted by atomic mass is 35.5. The fourth-order valence-corrected chi connectivity index (χ4v) is 3.60. The van der Waals surface area contributed by atoms with Gasteiger partial charge < -0.3 is 9.42 Å². The zero-order valence-electron chi connectivity index (χ0n) is 15.0. The van der Waals surface area contributed by atoms with Crippen LogP contribution < -0.4 is 0 Å². The van der Waals surface area contributed by atoms with E-state index in [-0.39, 0.29) is 42.8 Å². The molecule has 1 aromatic heterocycles. The predicted octanol–water partition coefficient (Wildman–Crippen LogP) is 4.92. The average molecular weight is 422 g/mol. The number of halogens is 4. The number of hydrogen-bond donors (Lipinski definition) is 0. The van der Waals surface area contributed by atoms with E-state index in [1.54, 1.807) is 24.3 Å². The number of nitrogens with zero attached hydrogens (tertiary/aromatic N) is 3. The van der Waals surface area contributed by atoms with Gasteiger partial charge >= 0.3 is 6.18 Å². The van der Waals surface area contributed by atoms with Crippen LogP contribution in [0.5, 0.6) is 0 Å². The molecule has 0 aliphatic carbocycles. The van der Waals surface area contributed by atoms with Gasteiger partial charge in [-0.25, -0.2) is 0 Å². The second-order valence-electron chi connectivity index (χ2n) is 6.77. The van der Waals surface area contributed by atoms with E-state index in [1.807, 2.05) is 0 Å². The fourth-order valence-electron chi connectivity index (χ4n) is 3.38. The number of rotatable bonds is 4. The number of amides is 1. The molecule has 2 heterocycles. The van der Waals surface area contributed by atoms with Crippen LogP contribution in [0.4, 0.5) is 13.2 Å². The summed E-state index contributed by atoms with van der Waals surface area (Å²) >= 11 is 6.14. The third-order valence-electron chi connectivity index (χ3n) is 4.80. The average Bonchev–Trinajstić information content (AvgIpc) is 3.29. The zero-order valence-corrected chi connectivity index (χ0v) is 15.7. The molecule has 9 heteroatoms. The standard InChI is InChI=1S/C20H15ClF3N3O2/c21-16-8-4-2-6-14(16)18-25-19(29-26-18)13-9-17(28)27(11-13)10-12-5-1-3-7-15(12)20(22,23)24/h1-8,13H,9-11H2. The number of carbonyl (C=O) groups excluding carboxylic acids is 1. The van der Waals surface area contributed by atoms with Crippen molar-refractivity contribution in [2.24, 2.45) is 0 Å². The van der Waals surface area contributed by atoms with Crippen molar-refractivity contribution >= 4 is 17.5 Å². The van der Waals surface area contributed by atoms with Crippen LogP contribution in [0.15, 0.2) is 53.1 Å². The van der Waals surface area contributed by atoms with Crippen LogP contribution >= 0.6 is 11.6 Å². The van der Waals surface area contributed by atoms with Crippen LogP contribution in [0.25, 0.3) is 11.4 Å². The largest absolute Gasteiger partial charge is 0.416 e. The molecular formula is C20H15ClF3N3O2. The summed E-state index contributed by atoms with van der Waals surface area (Å²) in [7, 11) is 0. The smallest absolute Gasteiger partial charge is 0.339 e. The lowest BCUT2D eigenvalue weighted by Gasteiger charge is -2.19. The molecule has 1 atom stereocenters. The van der Waals surface area contributed by atoms with Crippen molar-refractivity contribution in [2.45, 2.75) is 25.1 Å². The second kappa shape index (κ2) is 7.51. The molecule has 0 saturated carbocycles. The van der Waals surface area contributed by atoms with Crippen LogP contribution in [0, 0.1) is 0 Å². The summed E-state index contributed by atoms with van der Waals surface area (Å²) in [6.07, 6.45) is -4.38.